The van der Waals surface area contributed by atoms with Crippen molar-refractivity contribution in [3.63, 3.8) is 0 Å². The fourth-order valence-corrected chi connectivity index (χ4v) is 5.34. The standard InChI is InChI=1S/C25H40O14/c1-10(4-5-13-12(22(34)35)6-11(27)7-25(13,2)3)37-24-21(33)19(31)17(29)15(39-24)9-36-23-20(32)18(30)16(28)14(8-26)38-23/h6,10,13-21,23-24,26,28-33H,4-5,7-9H2,1-3H3,(H,34,35)/t10?,13?,14-,15-,16-,17-,18+,19+,20-,21-,23-,24-/m1/s1. The lowest BCUT2D eigenvalue weighted by Crippen LogP contribution is -2.62. The number of carboxylic acids is 1. The third kappa shape index (κ3) is 7.21. The van der Waals surface area contributed by atoms with Crippen LogP contribution in [0, 0.1) is 11.3 Å². The summed E-state index contributed by atoms with van der Waals surface area (Å²) in [5.41, 5.74) is -0.561. The quantitative estimate of drug-likeness (QED) is 0.136. The fraction of sp³-hybridized carbons (Fsp3) is 0.840. The molecule has 14 nitrogen and oxygen atoms in total. The normalized spacial score (nSPS) is 41.6. The van der Waals surface area contributed by atoms with Gasteiger partial charge in [-0.05, 0) is 37.2 Å². The van der Waals surface area contributed by atoms with E-state index in [1.54, 1.807) is 6.92 Å². The summed E-state index contributed by atoms with van der Waals surface area (Å²) in [7, 11) is 0. The average Bonchev–Trinajstić information content (AvgIpc) is 2.86. The first-order valence-electron chi connectivity index (χ1n) is 12.9. The second-order valence-electron chi connectivity index (χ2n) is 11.2. The van der Waals surface area contributed by atoms with Gasteiger partial charge in [0.25, 0.3) is 0 Å². The van der Waals surface area contributed by atoms with E-state index in [1.165, 1.54) is 0 Å². The van der Waals surface area contributed by atoms with Crippen molar-refractivity contribution in [2.75, 3.05) is 13.2 Å². The molecule has 2 aliphatic heterocycles. The molecule has 0 aromatic carbocycles. The fourth-order valence-electron chi connectivity index (χ4n) is 5.34. The van der Waals surface area contributed by atoms with Gasteiger partial charge in [0.15, 0.2) is 18.4 Å². The second kappa shape index (κ2) is 13.0. The van der Waals surface area contributed by atoms with Gasteiger partial charge in [0.2, 0.25) is 0 Å². The Hall–Kier alpha value is -1.56. The van der Waals surface area contributed by atoms with Crippen LogP contribution in [0.2, 0.25) is 0 Å². The van der Waals surface area contributed by atoms with Crippen LogP contribution in [0.15, 0.2) is 11.6 Å². The minimum atomic E-state index is -1.69. The lowest BCUT2D eigenvalue weighted by molar-refractivity contribution is -0.335. The van der Waals surface area contributed by atoms with Gasteiger partial charge in [-0.1, -0.05) is 13.8 Å². The Morgan fingerprint density at radius 1 is 0.974 bits per heavy atom. The van der Waals surface area contributed by atoms with Crippen molar-refractivity contribution < 1.29 is 69.4 Å². The molecule has 224 valence electrons. The van der Waals surface area contributed by atoms with Crippen molar-refractivity contribution in [1.82, 2.24) is 0 Å². The molecule has 0 radical (unpaired) electrons. The molecule has 3 aliphatic rings. The molecule has 2 saturated heterocycles. The van der Waals surface area contributed by atoms with Crippen LogP contribution in [0.3, 0.4) is 0 Å². The third-order valence-corrected chi connectivity index (χ3v) is 7.68. The van der Waals surface area contributed by atoms with Crippen LogP contribution in [-0.2, 0) is 28.5 Å². The lowest BCUT2D eigenvalue weighted by Gasteiger charge is -2.43. The second-order valence-corrected chi connectivity index (χ2v) is 11.2. The number of carboxylic acid groups (broad SMARTS) is 1. The number of aliphatic hydroxyl groups excluding tert-OH is 7. The minimum absolute atomic E-state index is 0.0290. The summed E-state index contributed by atoms with van der Waals surface area (Å²) in [4.78, 5) is 23.7. The van der Waals surface area contributed by atoms with Crippen molar-refractivity contribution in [1.29, 1.82) is 0 Å². The van der Waals surface area contributed by atoms with Gasteiger partial charge >= 0.3 is 5.97 Å². The Morgan fingerprint density at radius 3 is 2.13 bits per heavy atom. The topological polar surface area (TPSA) is 233 Å². The van der Waals surface area contributed by atoms with Crippen molar-refractivity contribution in [2.45, 2.75) is 108 Å². The molecule has 14 heteroatoms. The van der Waals surface area contributed by atoms with Gasteiger partial charge in [-0.25, -0.2) is 4.79 Å². The molecule has 1 aliphatic carbocycles. The first-order valence-corrected chi connectivity index (χ1v) is 12.9. The zero-order valence-corrected chi connectivity index (χ0v) is 22.1. The molecule has 39 heavy (non-hydrogen) atoms. The van der Waals surface area contributed by atoms with Crippen LogP contribution in [-0.4, -0.2) is 133 Å². The number of ether oxygens (including phenoxy) is 4. The SMILES string of the molecule is CC(CCC1C(C(=O)O)=CC(=O)CC1(C)C)O[C@@H]1O[C@H](CO[C@@H]2O[C@H](CO)[C@@H](O)[C@H](O)[C@H]2O)[C@@H](O)[C@H](O)[C@H]1O. The van der Waals surface area contributed by atoms with Crippen molar-refractivity contribution in [3.05, 3.63) is 11.6 Å². The molecule has 0 spiro atoms. The number of ketones is 1. The van der Waals surface area contributed by atoms with E-state index < -0.39 is 98.0 Å². The van der Waals surface area contributed by atoms with Gasteiger partial charge in [-0.15, -0.1) is 0 Å². The van der Waals surface area contributed by atoms with E-state index in [-0.39, 0.29) is 17.8 Å². The summed E-state index contributed by atoms with van der Waals surface area (Å²) < 4.78 is 22.1. The molecule has 3 rings (SSSR count). The molecule has 0 aromatic heterocycles. The lowest BCUT2D eigenvalue weighted by atomic mass is 9.66. The highest BCUT2D eigenvalue weighted by atomic mass is 16.7. The summed E-state index contributed by atoms with van der Waals surface area (Å²) in [6.07, 6.45) is -13.8. The summed E-state index contributed by atoms with van der Waals surface area (Å²) in [5, 5.41) is 80.0. The number of aliphatic carboxylic acids is 1. The predicted molar refractivity (Wildman–Crippen MR) is 129 cm³/mol. The van der Waals surface area contributed by atoms with E-state index in [0.717, 1.165) is 6.08 Å². The largest absolute Gasteiger partial charge is 0.478 e. The Balaban J connectivity index is 1.60. The Morgan fingerprint density at radius 2 is 1.54 bits per heavy atom. The molecule has 0 saturated carbocycles. The van der Waals surface area contributed by atoms with E-state index in [0.29, 0.717) is 12.8 Å². The van der Waals surface area contributed by atoms with Gasteiger partial charge in [-0.2, -0.15) is 0 Å². The molecule has 2 heterocycles. The molecule has 2 unspecified atom stereocenters. The van der Waals surface area contributed by atoms with E-state index in [1.807, 2.05) is 13.8 Å². The van der Waals surface area contributed by atoms with E-state index in [9.17, 15) is 50.4 Å². The third-order valence-electron chi connectivity index (χ3n) is 7.68. The van der Waals surface area contributed by atoms with E-state index >= 15 is 0 Å². The van der Waals surface area contributed by atoms with Gasteiger partial charge in [0.05, 0.1) is 19.3 Å². The van der Waals surface area contributed by atoms with Crippen molar-refractivity contribution >= 4 is 11.8 Å². The maximum Gasteiger partial charge on any atom is 0.331 e. The Kier molecular flexibility index (Phi) is 10.6. The van der Waals surface area contributed by atoms with E-state index in [4.69, 9.17) is 18.9 Å². The summed E-state index contributed by atoms with van der Waals surface area (Å²) in [6.45, 7) is 4.16. The molecular weight excluding hydrogens is 524 g/mol. The highest BCUT2D eigenvalue weighted by molar-refractivity contribution is 6.01. The van der Waals surface area contributed by atoms with Crippen LogP contribution in [0.1, 0.15) is 40.0 Å². The maximum atomic E-state index is 12.0. The number of hydrogen-bond acceptors (Lipinski definition) is 13. The number of carbonyl (C=O) groups excluding carboxylic acids is 1. The highest BCUT2D eigenvalue weighted by Crippen LogP contribution is 2.43. The number of hydrogen-bond donors (Lipinski definition) is 8. The molecule has 0 aromatic rings. The number of allylic oxidation sites excluding steroid dienone is 1. The monoisotopic (exact) mass is 564 g/mol. The molecule has 2 fully saturated rings. The van der Waals surface area contributed by atoms with Gasteiger partial charge in [0.1, 0.15) is 48.8 Å². The first-order chi connectivity index (χ1) is 18.2. The zero-order chi connectivity index (χ0) is 29.2. The molecule has 12 atom stereocenters. The van der Waals surface area contributed by atoms with Gasteiger partial charge in [-0.3, -0.25) is 4.79 Å². The van der Waals surface area contributed by atoms with Crippen LogP contribution >= 0.6 is 0 Å². The van der Waals surface area contributed by atoms with Gasteiger partial charge < -0.3 is 59.8 Å². The number of aliphatic hydroxyl groups is 7. The molecular formula is C25H40O14. The highest BCUT2D eigenvalue weighted by Gasteiger charge is 2.48. The number of rotatable bonds is 10. The van der Waals surface area contributed by atoms with Crippen LogP contribution in [0.5, 0.6) is 0 Å². The smallest absolute Gasteiger partial charge is 0.331 e. The average molecular weight is 565 g/mol. The number of carbonyl (C=O) groups is 2. The first kappa shape index (κ1) is 32.0. The van der Waals surface area contributed by atoms with Crippen LogP contribution < -0.4 is 0 Å². The van der Waals surface area contributed by atoms with Crippen molar-refractivity contribution in [3.8, 4) is 0 Å². The summed E-state index contributed by atoms with van der Waals surface area (Å²) in [5.74, 6) is -1.84. The van der Waals surface area contributed by atoms with Crippen molar-refractivity contribution in [2.24, 2.45) is 11.3 Å². The summed E-state index contributed by atoms with van der Waals surface area (Å²) in [6, 6.07) is 0. The molecule has 8 N–H and O–H groups in total. The van der Waals surface area contributed by atoms with Gasteiger partial charge in [0, 0.05) is 12.0 Å². The maximum absolute atomic E-state index is 12.0. The Labute approximate surface area is 225 Å². The van der Waals surface area contributed by atoms with Crippen LogP contribution in [0.4, 0.5) is 0 Å². The zero-order valence-electron chi connectivity index (χ0n) is 22.1. The summed E-state index contributed by atoms with van der Waals surface area (Å²) >= 11 is 0. The molecule has 0 amide bonds. The minimum Gasteiger partial charge on any atom is -0.478 e. The Bertz CT molecular complexity index is 890. The van der Waals surface area contributed by atoms with E-state index in [2.05, 4.69) is 0 Å². The van der Waals surface area contributed by atoms with Crippen LogP contribution in [0.25, 0.3) is 0 Å². The predicted octanol–water partition coefficient (Wildman–Crippen LogP) is -2.58. The molecule has 0 bridgehead atoms.